The summed E-state index contributed by atoms with van der Waals surface area (Å²) in [6.45, 7) is 5.80. The topological polar surface area (TPSA) is 32.3 Å². The van der Waals surface area contributed by atoms with Crippen LogP contribution >= 0.6 is 0 Å². The first-order valence-corrected chi connectivity index (χ1v) is 6.21. The quantitative estimate of drug-likeness (QED) is 0.870. The highest BCUT2D eigenvalue weighted by Gasteiger charge is 2.47. The van der Waals surface area contributed by atoms with Crippen molar-refractivity contribution in [2.24, 2.45) is 5.41 Å². The van der Waals surface area contributed by atoms with Gasteiger partial charge in [-0.05, 0) is 19.4 Å². The van der Waals surface area contributed by atoms with Crippen LogP contribution in [0, 0.1) is 17.0 Å². The molecule has 100 valence electrons. The summed E-state index contributed by atoms with van der Waals surface area (Å²) in [5, 5.41) is 12.9. The van der Waals surface area contributed by atoms with Crippen LogP contribution in [0.15, 0.2) is 18.2 Å². The normalized spacial score (nSPS) is 27.7. The standard InChI is InChI=1S/C14H19F2NO/c1-8(10-5-4-9(15)6-11(10)16)17-12-7-13(18)14(12,2)3/h4-6,8,12-13,17-18H,7H2,1-3H3. The summed E-state index contributed by atoms with van der Waals surface area (Å²) in [7, 11) is 0. The molecule has 0 bridgehead atoms. The first kappa shape index (κ1) is 13.4. The van der Waals surface area contributed by atoms with Crippen LogP contribution in [-0.4, -0.2) is 17.3 Å². The Morgan fingerprint density at radius 1 is 1.39 bits per heavy atom. The van der Waals surface area contributed by atoms with E-state index < -0.39 is 11.6 Å². The van der Waals surface area contributed by atoms with E-state index in [1.54, 1.807) is 0 Å². The second-order valence-electron chi connectivity index (χ2n) is 5.68. The van der Waals surface area contributed by atoms with Gasteiger partial charge in [0.05, 0.1) is 6.10 Å². The maximum atomic E-state index is 13.6. The van der Waals surface area contributed by atoms with Crippen molar-refractivity contribution in [3.63, 3.8) is 0 Å². The van der Waals surface area contributed by atoms with E-state index in [4.69, 9.17) is 0 Å². The monoisotopic (exact) mass is 255 g/mol. The van der Waals surface area contributed by atoms with Crippen LogP contribution in [0.4, 0.5) is 8.78 Å². The molecular weight excluding hydrogens is 236 g/mol. The summed E-state index contributed by atoms with van der Waals surface area (Å²) in [5.74, 6) is -1.10. The van der Waals surface area contributed by atoms with Gasteiger partial charge in [0.2, 0.25) is 0 Å². The molecule has 3 unspecified atom stereocenters. The number of hydrogen-bond donors (Lipinski definition) is 2. The minimum absolute atomic E-state index is 0.145. The van der Waals surface area contributed by atoms with Crippen LogP contribution in [0.1, 0.15) is 38.8 Å². The number of rotatable bonds is 3. The van der Waals surface area contributed by atoms with E-state index in [2.05, 4.69) is 5.32 Å². The maximum absolute atomic E-state index is 13.6. The lowest BCUT2D eigenvalue weighted by atomic mass is 9.64. The van der Waals surface area contributed by atoms with Crippen LogP contribution in [0.3, 0.4) is 0 Å². The molecule has 1 fully saturated rings. The van der Waals surface area contributed by atoms with E-state index in [0.29, 0.717) is 12.0 Å². The molecule has 1 aromatic carbocycles. The van der Waals surface area contributed by atoms with E-state index in [0.717, 1.165) is 6.07 Å². The van der Waals surface area contributed by atoms with Gasteiger partial charge in [-0.1, -0.05) is 19.9 Å². The van der Waals surface area contributed by atoms with E-state index in [1.165, 1.54) is 12.1 Å². The third kappa shape index (κ3) is 2.27. The number of nitrogens with one attached hydrogen (secondary N) is 1. The lowest BCUT2D eigenvalue weighted by Gasteiger charge is -2.50. The Balaban J connectivity index is 2.07. The second-order valence-corrected chi connectivity index (χ2v) is 5.68. The Hall–Kier alpha value is -1.00. The first-order valence-electron chi connectivity index (χ1n) is 6.21. The van der Waals surface area contributed by atoms with Crippen molar-refractivity contribution >= 4 is 0 Å². The first-order chi connectivity index (χ1) is 8.32. The molecule has 0 aromatic heterocycles. The van der Waals surface area contributed by atoms with E-state index in [9.17, 15) is 13.9 Å². The van der Waals surface area contributed by atoms with Gasteiger partial charge < -0.3 is 10.4 Å². The van der Waals surface area contributed by atoms with Gasteiger partial charge in [-0.25, -0.2) is 8.78 Å². The predicted octanol–water partition coefficient (Wildman–Crippen LogP) is 2.77. The molecule has 3 atom stereocenters. The molecule has 1 saturated carbocycles. The smallest absolute Gasteiger partial charge is 0.130 e. The van der Waals surface area contributed by atoms with Gasteiger partial charge in [0.15, 0.2) is 0 Å². The SMILES string of the molecule is CC(NC1CC(O)C1(C)C)c1ccc(F)cc1F. The molecular formula is C14H19F2NO. The molecule has 4 heteroatoms. The Labute approximate surface area is 106 Å². The second kappa shape index (κ2) is 4.59. The zero-order valence-electron chi connectivity index (χ0n) is 10.9. The van der Waals surface area contributed by atoms with Gasteiger partial charge >= 0.3 is 0 Å². The Morgan fingerprint density at radius 3 is 2.56 bits per heavy atom. The number of aliphatic hydroxyl groups excluding tert-OH is 1. The fourth-order valence-electron chi connectivity index (χ4n) is 2.43. The van der Waals surface area contributed by atoms with Crippen molar-refractivity contribution in [3.8, 4) is 0 Å². The zero-order valence-corrected chi connectivity index (χ0v) is 10.9. The third-order valence-corrected chi connectivity index (χ3v) is 4.10. The number of benzene rings is 1. The summed E-state index contributed by atoms with van der Waals surface area (Å²) in [6.07, 6.45) is 0.348. The van der Waals surface area contributed by atoms with Crippen molar-refractivity contribution in [1.82, 2.24) is 5.32 Å². The molecule has 1 aromatic rings. The van der Waals surface area contributed by atoms with Gasteiger partial charge in [0.25, 0.3) is 0 Å². The summed E-state index contributed by atoms with van der Waals surface area (Å²) in [5.41, 5.74) is 0.249. The molecule has 0 saturated heterocycles. The lowest BCUT2D eigenvalue weighted by Crippen LogP contribution is -2.60. The molecule has 0 heterocycles. The summed E-state index contributed by atoms with van der Waals surface area (Å²) in [4.78, 5) is 0. The Bertz CT molecular complexity index is 447. The summed E-state index contributed by atoms with van der Waals surface area (Å²) < 4.78 is 26.4. The van der Waals surface area contributed by atoms with Crippen molar-refractivity contribution in [2.75, 3.05) is 0 Å². The van der Waals surface area contributed by atoms with Crippen molar-refractivity contribution in [2.45, 2.75) is 45.4 Å². The Kier molecular flexibility index (Phi) is 3.43. The van der Waals surface area contributed by atoms with Gasteiger partial charge in [-0.15, -0.1) is 0 Å². The number of halogens is 2. The highest BCUT2D eigenvalue weighted by atomic mass is 19.1. The number of aliphatic hydroxyl groups is 1. The molecule has 1 aliphatic rings. The van der Waals surface area contributed by atoms with E-state index >= 15 is 0 Å². The van der Waals surface area contributed by atoms with Gasteiger partial charge in [-0.3, -0.25) is 0 Å². The minimum Gasteiger partial charge on any atom is -0.392 e. The van der Waals surface area contributed by atoms with Crippen LogP contribution in [-0.2, 0) is 0 Å². The van der Waals surface area contributed by atoms with E-state index in [1.807, 2.05) is 20.8 Å². The fourth-order valence-corrected chi connectivity index (χ4v) is 2.43. The molecule has 2 N–H and O–H groups in total. The van der Waals surface area contributed by atoms with Crippen LogP contribution in [0.25, 0.3) is 0 Å². The van der Waals surface area contributed by atoms with Crippen LogP contribution in [0.2, 0.25) is 0 Å². The minimum atomic E-state index is -0.567. The molecule has 0 aliphatic heterocycles. The molecule has 1 aliphatic carbocycles. The zero-order chi connectivity index (χ0) is 13.5. The largest absolute Gasteiger partial charge is 0.392 e. The Morgan fingerprint density at radius 2 is 2.06 bits per heavy atom. The summed E-state index contributed by atoms with van der Waals surface area (Å²) in [6, 6.07) is 3.56. The molecule has 0 radical (unpaired) electrons. The number of hydrogen-bond acceptors (Lipinski definition) is 2. The highest BCUT2D eigenvalue weighted by molar-refractivity contribution is 5.22. The third-order valence-electron chi connectivity index (χ3n) is 4.10. The fraction of sp³-hybridized carbons (Fsp3) is 0.571. The van der Waals surface area contributed by atoms with Crippen molar-refractivity contribution in [3.05, 3.63) is 35.4 Å². The molecule has 2 nitrogen and oxygen atoms in total. The van der Waals surface area contributed by atoms with Gasteiger partial charge in [0, 0.05) is 29.1 Å². The average molecular weight is 255 g/mol. The van der Waals surface area contributed by atoms with Gasteiger partial charge in [-0.2, -0.15) is 0 Å². The van der Waals surface area contributed by atoms with Gasteiger partial charge in [0.1, 0.15) is 11.6 Å². The predicted molar refractivity (Wildman–Crippen MR) is 66.1 cm³/mol. The summed E-state index contributed by atoms with van der Waals surface area (Å²) >= 11 is 0. The lowest BCUT2D eigenvalue weighted by molar-refractivity contribution is -0.0755. The molecule has 0 spiro atoms. The van der Waals surface area contributed by atoms with Crippen molar-refractivity contribution in [1.29, 1.82) is 0 Å². The average Bonchev–Trinajstić information content (AvgIpc) is 2.28. The van der Waals surface area contributed by atoms with Crippen molar-refractivity contribution < 1.29 is 13.9 Å². The van der Waals surface area contributed by atoms with Crippen LogP contribution in [0.5, 0.6) is 0 Å². The maximum Gasteiger partial charge on any atom is 0.130 e. The highest BCUT2D eigenvalue weighted by Crippen LogP contribution is 2.41. The molecule has 18 heavy (non-hydrogen) atoms. The van der Waals surface area contributed by atoms with E-state index in [-0.39, 0.29) is 23.6 Å². The van der Waals surface area contributed by atoms with Crippen LogP contribution < -0.4 is 5.32 Å². The molecule has 2 rings (SSSR count). The molecule has 0 amide bonds.